The fourth-order valence-electron chi connectivity index (χ4n) is 4.55. The number of halogens is 1. The molecule has 2 heterocycles. The normalized spacial score (nSPS) is 23.4. The molecule has 1 saturated carbocycles. The van der Waals surface area contributed by atoms with E-state index in [4.69, 9.17) is 4.74 Å². The van der Waals surface area contributed by atoms with Gasteiger partial charge in [0.05, 0.1) is 22.1 Å². The Kier molecular flexibility index (Phi) is 4.60. The number of aryl methyl sites for hydroxylation is 1. The van der Waals surface area contributed by atoms with Gasteiger partial charge in [-0.15, -0.1) is 0 Å². The van der Waals surface area contributed by atoms with Gasteiger partial charge in [0.25, 0.3) is 0 Å². The maximum Gasteiger partial charge on any atom is 0.410 e. The molecule has 1 saturated heterocycles. The predicted molar refractivity (Wildman–Crippen MR) is 110 cm³/mol. The van der Waals surface area contributed by atoms with Gasteiger partial charge in [0.15, 0.2) is 0 Å². The molecular formula is C22H29FN4O3. The van der Waals surface area contributed by atoms with E-state index in [1.165, 1.54) is 6.07 Å². The highest BCUT2D eigenvalue weighted by Crippen LogP contribution is 2.52. The highest BCUT2D eigenvalue weighted by molar-refractivity contribution is 5.87. The number of benzene rings is 1. The van der Waals surface area contributed by atoms with Crippen LogP contribution in [0.1, 0.15) is 40.3 Å². The Hall–Kier alpha value is -2.64. The molecule has 1 aromatic carbocycles. The summed E-state index contributed by atoms with van der Waals surface area (Å²) in [4.78, 5) is 26.9. The smallest absolute Gasteiger partial charge is 0.410 e. The Morgan fingerprint density at radius 3 is 2.40 bits per heavy atom. The van der Waals surface area contributed by atoms with Crippen LogP contribution in [-0.2, 0) is 22.1 Å². The minimum Gasteiger partial charge on any atom is -0.444 e. The van der Waals surface area contributed by atoms with Gasteiger partial charge in [-0.25, -0.2) is 9.18 Å². The number of ether oxygens (including phenoxy) is 1. The Labute approximate surface area is 175 Å². The van der Waals surface area contributed by atoms with Gasteiger partial charge < -0.3 is 15.0 Å². The van der Waals surface area contributed by atoms with E-state index < -0.39 is 11.1 Å². The predicted octanol–water partition coefficient (Wildman–Crippen LogP) is 3.18. The second-order valence-corrected chi connectivity index (χ2v) is 9.96. The maximum atomic E-state index is 14.5. The van der Waals surface area contributed by atoms with E-state index in [2.05, 4.69) is 10.4 Å². The van der Waals surface area contributed by atoms with Gasteiger partial charge in [0, 0.05) is 26.1 Å². The third-order valence-corrected chi connectivity index (χ3v) is 6.00. The number of aromatic nitrogens is 2. The lowest BCUT2D eigenvalue weighted by molar-refractivity contribution is -0.125. The first-order valence-corrected chi connectivity index (χ1v) is 10.3. The number of piperidine rings is 1. The van der Waals surface area contributed by atoms with Crippen molar-refractivity contribution >= 4 is 22.9 Å². The number of fused-ring (bicyclic) bond motifs is 2. The first kappa shape index (κ1) is 20.6. The van der Waals surface area contributed by atoms with Gasteiger partial charge in [-0.2, -0.15) is 5.10 Å². The second kappa shape index (κ2) is 6.68. The summed E-state index contributed by atoms with van der Waals surface area (Å²) in [6.45, 7) is 10.2. The molecule has 1 aliphatic carbocycles. The summed E-state index contributed by atoms with van der Waals surface area (Å²) in [6, 6.07) is 4.86. The van der Waals surface area contributed by atoms with E-state index >= 15 is 0 Å². The van der Waals surface area contributed by atoms with Gasteiger partial charge in [0.2, 0.25) is 5.91 Å². The van der Waals surface area contributed by atoms with Gasteiger partial charge in [-0.3, -0.25) is 9.48 Å². The number of carbonyl (C=O) groups is 2. The fraction of sp³-hybridized carbons (Fsp3) is 0.591. The zero-order valence-electron chi connectivity index (χ0n) is 18.3. The lowest BCUT2D eigenvalue weighted by Gasteiger charge is -2.27. The lowest BCUT2D eigenvalue weighted by atomic mass is 9.96. The highest BCUT2D eigenvalue weighted by Gasteiger charge is 2.61. The highest BCUT2D eigenvalue weighted by atomic mass is 19.1. The summed E-state index contributed by atoms with van der Waals surface area (Å²) in [7, 11) is 1.76. The van der Waals surface area contributed by atoms with Crippen molar-refractivity contribution in [2.24, 2.45) is 24.8 Å². The third-order valence-electron chi connectivity index (χ3n) is 6.00. The molecule has 162 valence electrons. The third kappa shape index (κ3) is 3.52. The molecular weight excluding hydrogens is 387 g/mol. The van der Waals surface area contributed by atoms with Crippen LogP contribution in [0.4, 0.5) is 9.18 Å². The average Bonchev–Trinajstić information content (AvgIpc) is 2.95. The van der Waals surface area contributed by atoms with Crippen molar-refractivity contribution in [3.63, 3.8) is 0 Å². The number of likely N-dealkylation sites (tertiary alicyclic amines) is 1. The van der Waals surface area contributed by atoms with Gasteiger partial charge >= 0.3 is 6.09 Å². The summed E-state index contributed by atoms with van der Waals surface area (Å²) in [5.41, 5.74) is -0.178. The van der Waals surface area contributed by atoms with Gasteiger partial charge in [-0.05, 0) is 58.6 Å². The summed E-state index contributed by atoms with van der Waals surface area (Å²) in [6.07, 6.45) is -0.329. The first-order valence-electron chi connectivity index (χ1n) is 10.3. The molecule has 2 unspecified atom stereocenters. The molecule has 0 spiro atoms. The molecule has 2 aliphatic rings. The van der Waals surface area contributed by atoms with E-state index in [-0.39, 0.29) is 35.6 Å². The second-order valence-electron chi connectivity index (χ2n) is 9.96. The summed E-state index contributed by atoms with van der Waals surface area (Å²) in [5, 5.41) is 7.98. The monoisotopic (exact) mass is 416 g/mol. The standard InChI is InChI=1S/C22H29FN4O3/c1-21(2,3)30-20(29)27-10-12-13(11-27)16(12)19(28)24-22(4,5)18-17-14(23)8-7-9-15(17)26(6)25-18/h7-9,12-13,16H,10-11H2,1-6H3,(H,24,28). The molecule has 2 atom stereocenters. The number of rotatable bonds is 3. The molecule has 2 fully saturated rings. The molecule has 2 aromatic rings. The fourth-order valence-corrected chi connectivity index (χ4v) is 4.55. The number of nitrogens with one attached hydrogen (secondary N) is 1. The van der Waals surface area contributed by atoms with Crippen LogP contribution in [0.15, 0.2) is 18.2 Å². The van der Waals surface area contributed by atoms with E-state index in [0.717, 1.165) is 0 Å². The van der Waals surface area contributed by atoms with Crippen molar-refractivity contribution in [3.8, 4) is 0 Å². The Bertz CT molecular complexity index is 1010. The maximum absolute atomic E-state index is 14.5. The zero-order valence-corrected chi connectivity index (χ0v) is 18.3. The number of nitrogens with zero attached hydrogens (tertiary/aromatic N) is 3. The number of hydrogen-bond acceptors (Lipinski definition) is 4. The molecule has 8 heteroatoms. The van der Waals surface area contributed by atoms with Crippen molar-refractivity contribution in [2.45, 2.75) is 45.8 Å². The summed E-state index contributed by atoms with van der Waals surface area (Å²) >= 11 is 0. The van der Waals surface area contributed by atoms with Crippen LogP contribution in [0.5, 0.6) is 0 Å². The summed E-state index contributed by atoms with van der Waals surface area (Å²) in [5.74, 6) is -0.276. The first-order chi connectivity index (χ1) is 13.9. The van der Waals surface area contributed by atoms with Crippen molar-refractivity contribution in [3.05, 3.63) is 29.7 Å². The average molecular weight is 416 g/mol. The molecule has 1 N–H and O–H groups in total. The zero-order chi connectivity index (χ0) is 22.0. The quantitative estimate of drug-likeness (QED) is 0.834. The summed E-state index contributed by atoms with van der Waals surface area (Å²) < 4.78 is 21.6. The van der Waals surface area contributed by atoms with Crippen molar-refractivity contribution in [2.75, 3.05) is 13.1 Å². The number of carbonyl (C=O) groups excluding carboxylic acids is 2. The van der Waals surface area contributed by atoms with E-state index in [1.54, 1.807) is 22.7 Å². The van der Waals surface area contributed by atoms with Crippen molar-refractivity contribution in [1.82, 2.24) is 20.0 Å². The molecule has 2 amide bonds. The van der Waals surface area contributed by atoms with Crippen LogP contribution in [0.25, 0.3) is 10.9 Å². The Morgan fingerprint density at radius 1 is 1.17 bits per heavy atom. The minimum atomic E-state index is -0.833. The van der Waals surface area contributed by atoms with Crippen LogP contribution in [0.3, 0.4) is 0 Å². The molecule has 1 aromatic heterocycles. The molecule has 30 heavy (non-hydrogen) atoms. The van der Waals surface area contributed by atoms with Crippen molar-refractivity contribution < 1.29 is 18.7 Å². The SMILES string of the molecule is Cn1nc(C(C)(C)NC(=O)C2C3CN(C(=O)OC(C)(C)C)CC32)c2c(F)cccc21. The lowest BCUT2D eigenvalue weighted by Crippen LogP contribution is -2.44. The number of hydrogen-bond donors (Lipinski definition) is 1. The Balaban J connectivity index is 1.43. The van der Waals surface area contributed by atoms with E-state index in [9.17, 15) is 14.0 Å². The minimum absolute atomic E-state index is 0.0750. The molecule has 7 nitrogen and oxygen atoms in total. The van der Waals surface area contributed by atoms with Crippen LogP contribution in [0, 0.1) is 23.6 Å². The van der Waals surface area contributed by atoms with Crippen LogP contribution in [0.2, 0.25) is 0 Å². The van der Waals surface area contributed by atoms with Crippen LogP contribution >= 0.6 is 0 Å². The topological polar surface area (TPSA) is 76.5 Å². The van der Waals surface area contributed by atoms with E-state index in [0.29, 0.717) is 29.7 Å². The number of amides is 2. The molecule has 0 bridgehead atoms. The van der Waals surface area contributed by atoms with E-state index in [1.807, 2.05) is 40.7 Å². The Morgan fingerprint density at radius 2 is 1.80 bits per heavy atom. The van der Waals surface area contributed by atoms with Crippen LogP contribution < -0.4 is 5.32 Å². The molecule has 1 aliphatic heterocycles. The molecule has 0 radical (unpaired) electrons. The van der Waals surface area contributed by atoms with Crippen LogP contribution in [-0.4, -0.2) is 45.4 Å². The molecule has 4 rings (SSSR count). The van der Waals surface area contributed by atoms with Crippen molar-refractivity contribution in [1.29, 1.82) is 0 Å². The largest absolute Gasteiger partial charge is 0.444 e. The van der Waals surface area contributed by atoms with Gasteiger partial charge in [-0.1, -0.05) is 6.07 Å². The van der Waals surface area contributed by atoms with Gasteiger partial charge in [0.1, 0.15) is 11.4 Å².